The molecular weight excluding hydrogens is 186 g/mol. The van der Waals surface area contributed by atoms with Gasteiger partial charge in [-0.05, 0) is 18.4 Å². The molecule has 1 aliphatic heterocycles. The van der Waals surface area contributed by atoms with Gasteiger partial charge < -0.3 is 14.9 Å². The maximum atomic E-state index is 9.70. The first kappa shape index (κ1) is 11.3. The molecule has 0 aromatic heterocycles. The fourth-order valence-electron chi connectivity index (χ4n) is 1.67. The van der Waals surface area contributed by atoms with E-state index in [1.54, 1.807) is 0 Å². The number of rotatable bonds is 2. The Morgan fingerprint density at radius 2 is 2.14 bits per heavy atom. The Labute approximate surface area is 82.1 Å². The molecule has 0 aromatic carbocycles. The Bertz CT molecular complexity index is 242. The molecule has 0 aliphatic carbocycles. The van der Waals surface area contributed by atoms with E-state index in [0.717, 1.165) is 0 Å². The van der Waals surface area contributed by atoms with Crippen LogP contribution in [0.15, 0.2) is 5.11 Å². The van der Waals surface area contributed by atoms with Crippen molar-refractivity contribution < 1.29 is 14.9 Å². The van der Waals surface area contributed by atoms with E-state index in [-0.39, 0.29) is 18.6 Å². The highest BCUT2D eigenvalue weighted by atomic mass is 16.5. The van der Waals surface area contributed by atoms with Gasteiger partial charge in [0.05, 0.1) is 24.9 Å². The number of hydrogen-bond donors (Lipinski definition) is 2. The second kappa shape index (κ2) is 4.61. The fraction of sp³-hybridized carbons (Fsp3) is 1.00. The standard InChI is InChI=1S/C8H15N3O3/c1-4-5(2)14-6(3-12)8(13)7(4)10-11-9/h4-8,12-13H,3H2,1-2H3/t4?,5-,6?,7-,8-/m1/s1. The Hall–Kier alpha value is -0.810. The van der Waals surface area contributed by atoms with Crippen molar-refractivity contribution in [2.24, 2.45) is 11.0 Å². The average molecular weight is 201 g/mol. The van der Waals surface area contributed by atoms with Crippen LogP contribution in [0, 0.1) is 5.92 Å². The van der Waals surface area contributed by atoms with Gasteiger partial charge in [0.25, 0.3) is 0 Å². The van der Waals surface area contributed by atoms with E-state index in [9.17, 15) is 5.11 Å². The Balaban J connectivity index is 2.82. The summed E-state index contributed by atoms with van der Waals surface area (Å²) in [6.45, 7) is 3.41. The molecule has 14 heavy (non-hydrogen) atoms. The molecule has 0 radical (unpaired) electrons. The molecule has 6 nitrogen and oxygen atoms in total. The lowest BCUT2D eigenvalue weighted by Gasteiger charge is -2.40. The minimum absolute atomic E-state index is 0.0521. The van der Waals surface area contributed by atoms with E-state index in [1.165, 1.54) is 0 Å². The maximum absolute atomic E-state index is 9.70. The molecule has 1 rings (SSSR count). The molecule has 0 bridgehead atoms. The molecule has 2 N–H and O–H groups in total. The third-order valence-corrected chi connectivity index (χ3v) is 2.76. The zero-order valence-electron chi connectivity index (χ0n) is 8.24. The molecular formula is C8H15N3O3. The predicted octanol–water partition coefficient (Wildman–Crippen LogP) is 0.442. The van der Waals surface area contributed by atoms with Gasteiger partial charge in [-0.25, -0.2) is 0 Å². The molecule has 2 unspecified atom stereocenters. The van der Waals surface area contributed by atoms with Crippen LogP contribution in [0.25, 0.3) is 10.4 Å². The zero-order chi connectivity index (χ0) is 10.7. The Morgan fingerprint density at radius 3 is 2.64 bits per heavy atom. The van der Waals surface area contributed by atoms with Crippen LogP contribution in [0.2, 0.25) is 0 Å². The van der Waals surface area contributed by atoms with E-state index in [1.807, 2.05) is 13.8 Å². The van der Waals surface area contributed by atoms with Gasteiger partial charge in [-0.3, -0.25) is 0 Å². The van der Waals surface area contributed by atoms with Gasteiger partial charge in [0, 0.05) is 4.91 Å². The minimum atomic E-state index is -0.929. The second-order valence-electron chi connectivity index (χ2n) is 3.61. The van der Waals surface area contributed by atoms with Crippen LogP contribution in [0.4, 0.5) is 0 Å². The summed E-state index contributed by atoms with van der Waals surface area (Å²) in [6, 6.07) is -0.527. The first-order valence-electron chi connectivity index (χ1n) is 4.60. The van der Waals surface area contributed by atoms with Gasteiger partial charge in [-0.2, -0.15) is 0 Å². The summed E-state index contributed by atoms with van der Waals surface area (Å²) in [5.74, 6) is -0.0521. The summed E-state index contributed by atoms with van der Waals surface area (Å²) in [5.41, 5.74) is 8.34. The van der Waals surface area contributed by atoms with Gasteiger partial charge in [-0.15, -0.1) is 0 Å². The van der Waals surface area contributed by atoms with Crippen molar-refractivity contribution in [2.75, 3.05) is 6.61 Å². The third kappa shape index (κ3) is 1.99. The highest BCUT2D eigenvalue weighted by Gasteiger charge is 2.40. The highest BCUT2D eigenvalue weighted by molar-refractivity contribution is 4.93. The van der Waals surface area contributed by atoms with E-state index in [4.69, 9.17) is 15.4 Å². The monoisotopic (exact) mass is 201 g/mol. The molecule has 0 amide bonds. The van der Waals surface area contributed by atoms with Gasteiger partial charge in [-0.1, -0.05) is 12.0 Å². The largest absolute Gasteiger partial charge is 0.394 e. The van der Waals surface area contributed by atoms with Crippen LogP contribution < -0.4 is 0 Å². The second-order valence-corrected chi connectivity index (χ2v) is 3.61. The van der Waals surface area contributed by atoms with Crippen molar-refractivity contribution in [2.45, 2.75) is 38.2 Å². The van der Waals surface area contributed by atoms with Crippen molar-refractivity contribution in [1.29, 1.82) is 0 Å². The molecule has 0 aromatic rings. The van der Waals surface area contributed by atoms with Crippen LogP contribution in [-0.4, -0.2) is 41.2 Å². The summed E-state index contributed by atoms with van der Waals surface area (Å²) in [7, 11) is 0. The van der Waals surface area contributed by atoms with E-state index in [2.05, 4.69) is 10.0 Å². The first-order chi connectivity index (χ1) is 6.61. The molecule has 0 saturated carbocycles. The van der Waals surface area contributed by atoms with Gasteiger partial charge in [0.15, 0.2) is 0 Å². The van der Waals surface area contributed by atoms with Crippen molar-refractivity contribution in [1.82, 2.24) is 0 Å². The highest BCUT2D eigenvalue weighted by Crippen LogP contribution is 2.27. The maximum Gasteiger partial charge on any atom is 0.107 e. The van der Waals surface area contributed by atoms with Crippen LogP contribution in [0.5, 0.6) is 0 Å². The number of ether oxygens (including phenoxy) is 1. The molecule has 6 heteroatoms. The molecule has 5 atom stereocenters. The SMILES string of the molecule is CC1[C@@H](N=[N+]=[N-])[C@H](O)C(CO)O[C@@H]1C. The number of azide groups is 1. The normalized spacial score (nSPS) is 43.0. The number of hydrogen-bond acceptors (Lipinski definition) is 4. The van der Waals surface area contributed by atoms with E-state index >= 15 is 0 Å². The predicted molar refractivity (Wildman–Crippen MR) is 49.5 cm³/mol. The average Bonchev–Trinajstić information content (AvgIpc) is 2.18. The minimum Gasteiger partial charge on any atom is -0.394 e. The molecule has 1 heterocycles. The van der Waals surface area contributed by atoms with Gasteiger partial charge in [0.1, 0.15) is 6.10 Å². The van der Waals surface area contributed by atoms with Crippen molar-refractivity contribution in [3.05, 3.63) is 10.4 Å². The Morgan fingerprint density at radius 1 is 1.50 bits per heavy atom. The molecule has 1 aliphatic rings. The lowest BCUT2D eigenvalue weighted by molar-refractivity contribution is -0.157. The van der Waals surface area contributed by atoms with E-state index < -0.39 is 18.2 Å². The van der Waals surface area contributed by atoms with Crippen LogP contribution >= 0.6 is 0 Å². The summed E-state index contributed by atoms with van der Waals surface area (Å²) in [5, 5.41) is 22.2. The van der Waals surface area contributed by atoms with Crippen molar-refractivity contribution in [3.8, 4) is 0 Å². The summed E-state index contributed by atoms with van der Waals surface area (Å²) in [6.07, 6.45) is -1.72. The topological polar surface area (TPSA) is 98.5 Å². The third-order valence-electron chi connectivity index (χ3n) is 2.76. The zero-order valence-corrected chi connectivity index (χ0v) is 8.24. The van der Waals surface area contributed by atoms with Crippen molar-refractivity contribution in [3.63, 3.8) is 0 Å². The van der Waals surface area contributed by atoms with Crippen LogP contribution in [0.3, 0.4) is 0 Å². The van der Waals surface area contributed by atoms with Gasteiger partial charge in [0.2, 0.25) is 0 Å². The lowest BCUT2D eigenvalue weighted by Crippen LogP contribution is -2.52. The molecule has 80 valence electrons. The summed E-state index contributed by atoms with van der Waals surface area (Å²) in [4.78, 5) is 2.69. The summed E-state index contributed by atoms with van der Waals surface area (Å²) >= 11 is 0. The number of aliphatic hydroxyl groups is 2. The lowest BCUT2D eigenvalue weighted by atomic mass is 9.87. The fourth-order valence-corrected chi connectivity index (χ4v) is 1.67. The van der Waals surface area contributed by atoms with Gasteiger partial charge >= 0.3 is 0 Å². The molecule has 1 saturated heterocycles. The first-order valence-corrected chi connectivity index (χ1v) is 4.60. The van der Waals surface area contributed by atoms with Crippen LogP contribution in [0.1, 0.15) is 13.8 Å². The Kier molecular flexibility index (Phi) is 3.71. The number of nitrogens with zero attached hydrogens (tertiary/aromatic N) is 3. The smallest absolute Gasteiger partial charge is 0.107 e. The number of aliphatic hydroxyl groups excluding tert-OH is 2. The van der Waals surface area contributed by atoms with Crippen LogP contribution in [-0.2, 0) is 4.74 Å². The molecule has 1 fully saturated rings. The van der Waals surface area contributed by atoms with Crippen molar-refractivity contribution >= 4 is 0 Å². The summed E-state index contributed by atoms with van der Waals surface area (Å²) < 4.78 is 5.35. The van der Waals surface area contributed by atoms with E-state index in [0.29, 0.717) is 0 Å². The quantitative estimate of drug-likeness (QED) is 0.385. The molecule has 0 spiro atoms.